The molecule has 3 atom stereocenters. The topological polar surface area (TPSA) is 77.8 Å². The first kappa shape index (κ1) is 24.8. The summed E-state index contributed by atoms with van der Waals surface area (Å²) in [7, 11) is 1.56. The number of piperidine rings is 1. The van der Waals surface area contributed by atoms with Crippen molar-refractivity contribution in [2.24, 2.45) is 0 Å². The third kappa shape index (κ3) is 4.45. The number of likely N-dealkylation sites (tertiary alicyclic amines) is 1. The van der Waals surface area contributed by atoms with Crippen molar-refractivity contribution in [1.82, 2.24) is 24.6 Å². The molecular formula is C26H33FN6O3S. The van der Waals surface area contributed by atoms with E-state index in [0.717, 1.165) is 47.5 Å². The Morgan fingerprint density at radius 1 is 1.14 bits per heavy atom. The summed E-state index contributed by atoms with van der Waals surface area (Å²) in [6, 6.07) is 6.60. The Hall–Kier alpha value is -2.47. The van der Waals surface area contributed by atoms with Crippen molar-refractivity contribution < 1.29 is 18.6 Å². The maximum absolute atomic E-state index is 15.8. The Kier molecular flexibility index (Phi) is 6.50. The lowest BCUT2D eigenvalue weighted by molar-refractivity contribution is -0.0827. The number of aromatic nitrogens is 4. The quantitative estimate of drug-likeness (QED) is 0.507. The largest absolute Gasteiger partial charge is 0.467 e. The van der Waals surface area contributed by atoms with Crippen LogP contribution in [0.15, 0.2) is 24.4 Å². The summed E-state index contributed by atoms with van der Waals surface area (Å²) < 4.78 is 33.1. The number of hydrogen-bond acceptors (Lipinski definition) is 9. The van der Waals surface area contributed by atoms with Crippen LogP contribution in [0.4, 0.5) is 10.2 Å². The third-order valence-corrected chi connectivity index (χ3v) is 8.60. The number of morpholine rings is 1. The fourth-order valence-corrected chi connectivity index (χ4v) is 6.04. The van der Waals surface area contributed by atoms with E-state index in [0.29, 0.717) is 44.6 Å². The molecule has 0 bridgehead atoms. The lowest BCUT2D eigenvalue weighted by Crippen LogP contribution is -2.57. The summed E-state index contributed by atoms with van der Waals surface area (Å²) in [5.74, 6) is 1.35. The summed E-state index contributed by atoms with van der Waals surface area (Å²) in [5, 5.41) is 5.61. The van der Waals surface area contributed by atoms with E-state index in [2.05, 4.69) is 30.9 Å². The van der Waals surface area contributed by atoms with Gasteiger partial charge in [0.1, 0.15) is 12.0 Å². The van der Waals surface area contributed by atoms with Gasteiger partial charge in [-0.25, -0.2) is 9.07 Å². The average Bonchev–Trinajstić information content (AvgIpc) is 3.27. The second-order valence-corrected chi connectivity index (χ2v) is 11.1. The van der Waals surface area contributed by atoms with Crippen LogP contribution in [0.25, 0.3) is 16.7 Å². The van der Waals surface area contributed by atoms with Gasteiger partial charge in [-0.1, -0.05) is 0 Å². The average molecular weight is 529 g/mol. The summed E-state index contributed by atoms with van der Waals surface area (Å²) >= 11 is 4.99. The van der Waals surface area contributed by atoms with Crippen LogP contribution in [0.1, 0.15) is 24.5 Å². The summed E-state index contributed by atoms with van der Waals surface area (Å²) in [5.41, 5.74) is 2.75. The number of benzene rings is 1. The minimum Gasteiger partial charge on any atom is -0.467 e. The second-order valence-electron chi connectivity index (χ2n) is 10.3. The highest BCUT2D eigenvalue weighted by molar-refractivity contribution is 7.81. The SMILES string of the molecule is COc1nc(N2CCO[C@@H](C)C2)cc(-n2ncc3cc(C)c([C@@]4(S)CCN(C5COC5)CC4F)cc32)n1. The van der Waals surface area contributed by atoms with E-state index in [1.165, 1.54) is 0 Å². The molecule has 198 valence electrons. The van der Waals surface area contributed by atoms with Gasteiger partial charge in [0.25, 0.3) is 0 Å². The van der Waals surface area contributed by atoms with Crippen molar-refractivity contribution in [2.75, 3.05) is 58.0 Å². The molecule has 3 aromatic rings. The molecule has 6 rings (SSSR count). The maximum Gasteiger partial charge on any atom is 0.320 e. The number of thiol groups is 1. The van der Waals surface area contributed by atoms with Crippen LogP contribution in [-0.4, -0.2) is 96.1 Å². The van der Waals surface area contributed by atoms with Crippen molar-refractivity contribution in [3.05, 3.63) is 35.5 Å². The zero-order valence-corrected chi connectivity index (χ0v) is 22.3. The number of rotatable bonds is 5. The zero-order valence-electron chi connectivity index (χ0n) is 21.4. The number of ether oxygens (including phenoxy) is 3. The predicted octanol–water partition coefficient (Wildman–Crippen LogP) is 2.93. The second kappa shape index (κ2) is 9.68. The molecule has 3 saturated heterocycles. The predicted molar refractivity (Wildman–Crippen MR) is 142 cm³/mol. The Morgan fingerprint density at radius 2 is 1.95 bits per heavy atom. The van der Waals surface area contributed by atoms with E-state index in [4.69, 9.17) is 26.8 Å². The number of aryl methyl sites for hydroxylation is 1. The number of hydrogen-bond donors (Lipinski definition) is 1. The van der Waals surface area contributed by atoms with Crippen molar-refractivity contribution in [2.45, 2.75) is 43.3 Å². The zero-order chi connectivity index (χ0) is 25.7. The molecule has 0 amide bonds. The number of fused-ring (bicyclic) bond motifs is 1. The Balaban J connectivity index is 1.37. The Labute approximate surface area is 221 Å². The van der Waals surface area contributed by atoms with E-state index < -0.39 is 10.9 Å². The molecule has 0 radical (unpaired) electrons. The van der Waals surface area contributed by atoms with Crippen LogP contribution in [0.3, 0.4) is 0 Å². The van der Waals surface area contributed by atoms with Gasteiger partial charge < -0.3 is 19.1 Å². The number of halogens is 1. The molecule has 5 heterocycles. The monoisotopic (exact) mass is 528 g/mol. The third-order valence-electron chi connectivity index (χ3n) is 7.85. The first-order valence-electron chi connectivity index (χ1n) is 12.8. The van der Waals surface area contributed by atoms with E-state index >= 15 is 4.39 Å². The van der Waals surface area contributed by atoms with Crippen LogP contribution < -0.4 is 9.64 Å². The van der Waals surface area contributed by atoms with E-state index in [1.54, 1.807) is 11.8 Å². The number of anilines is 1. The van der Waals surface area contributed by atoms with Gasteiger partial charge in [-0.2, -0.15) is 27.7 Å². The van der Waals surface area contributed by atoms with Gasteiger partial charge in [0.15, 0.2) is 5.82 Å². The molecule has 1 unspecified atom stereocenters. The normalized spacial score (nSPS) is 27.4. The van der Waals surface area contributed by atoms with Crippen molar-refractivity contribution >= 4 is 29.3 Å². The highest BCUT2D eigenvalue weighted by Crippen LogP contribution is 2.44. The number of methoxy groups -OCH3 is 1. The lowest BCUT2D eigenvalue weighted by Gasteiger charge is -2.47. The molecule has 0 saturated carbocycles. The summed E-state index contributed by atoms with van der Waals surface area (Å²) in [6.07, 6.45) is 1.44. The smallest absolute Gasteiger partial charge is 0.320 e. The van der Waals surface area contributed by atoms with Gasteiger partial charge in [0.2, 0.25) is 0 Å². The van der Waals surface area contributed by atoms with Crippen molar-refractivity contribution in [3.8, 4) is 11.8 Å². The molecule has 3 aliphatic rings. The van der Waals surface area contributed by atoms with Gasteiger partial charge in [-0.3, -0.25) is 4.90 Å². The first-order valence-corrected chi connectivity index (χ1v) is 13.3. The van der Waals surface area contributed by atoms with Crippen LogP contribution in [-0.2, 0) is 14.2 Å². The summed E-state index contributed by atoms with van der Waals surface area (Å²) in [4.78, 5) is 13.5. The Morgan fingerprint density at radius 3 is 2.65 bits per heavy atom. The Bertz CT molecular complexity index is 1300. The molecule has 37 heavy (non-hydrogen) atoms. The molecule has 3 fully saturated rings. The highest BCUT2D eigenvalue weighted by Gasteiger charge is 2.45. The van der Waals surface area contributed by atoms with Crippen LogP contribution in [0.5, 0.6) is 6.01 Å². The van der Waals surface area contributed by atoms with Crippen molar-refractivity contribution in [3.63, 3.8) is 0 Å². The van der Waals surface area contributed by atoms with Gasteiger partial charge in [0.05, 0.1) is 55.5 Å². The van der Waals surface area contributed by atoms with E-state index in [-0.39, 0.29) is 12.1 Å². The molecular weight excluding hydrogens is 495 g/mol. The summed E-state index contributed by atoms with van der Waals surface area (Å²) in [6.45, 7) is 8.69. The molecule has 11 heteroatoms. The molecule has 9 nitrogen and oxygen atoms in total. The molecule has 0 N–H and O–H groups in total. The highest BCUT2D eigenvalue weighted by atomic mass is 32.1. The molecule has 0 aliphatic carbocycles. The van der Waals surface area contributed by atoms with E-state index in [1.807, 2.05) is 32.2 Å². The maximum atomic E-state index is 15.8. The van der Waals surface area contributed by atoms with Gasteiger partial charge >= 0.3 is 6.01 Å². The standard InChI is InChI=1S/C26H33FN6O3S/c1-16-8-18-11-28-33(24-10-23(29-25(30-24)34-3)32-6-7-36-17(2)12-32)21(18)9-20(16)26(37)4-5-31(13-22(26)27)19-14-35-15-19/h8-11,17,19,22,37H,4-7,12-15H2,1-3H3/t17-,22?,26-/m0/s1. The van der Waals surface area contributed by atoms with Gasteiger partial charge in [0, 0.05) is 37.6 Å². The molecule has 3 aliphatic heterocycles. The minimum absolute atomic E-state index is 0.109. The van der Waals surface area contributed by atoms with E-state index in [9.17, 15) is 0 Å². The van der Waals surface area contributed by atoms with Crippen LogP contribution in [0.2, 0.25) is 0 Å². The first-order chi connectivity index (χ1) is 17.9. The molecule has 0 spiro atoms. The number of nitrogens with zero attached hydrogens (tertiary/aromatic N) is 6. The minimum atomic E-state index is -1.10. The van der Waals surface area contributed by atoms with Gasteiger partial charge in [-0.05, 0) is 43.5 Å². The number of alkyl halides is 1. The molecule has 2 aromatic heterocycles. The fraction of sp³-hybridized carbons (Fsp3) is 0.577. The fourth-order valence-electron chi connectivity index (χ4n) is 5.61. The lowest BCUT2D eigenvalue weighted by atomic mass is 9.83. The van der Waals surface area contributed by atoms with Gasteiger partial charge in [-0.15, -0.1) is 0 Å². The van der Waals surface area contributed by atoms with Crippen LogP contribution >= 0.6 is 12.6 Å². The van der Waals surface area contributed by atoms with Crippen LogP contribution in [0, 0.1) is 6.92 Å². The molecule has 1 aromatic carbocycles. The van der Waals surface area contributed by atoms with Crippen molar-refractivity contribution in [1.29, 1.82) is 0 Å².